The van der Waals surface area contributed by atoms with Crippen LogP contribution < -0.4 is 4.74 Å². The van der Waals surface area contributed by atoms with Crippen LogP contribution in [0.2, 0.25) is 0 Å². The Morgan fingerprint density at radius 3 is 3.14 bits per heavy atom. The molecule has 1 unspecified atom stereocenters. The fourth-order valence-corrected chi connectivity index (χ4v) is 4.00. The van der Waals surface area contributed by atoms with Gasteiger partial charge >= 0.3 is 0 Å². The van der Waals surface area contributed by atoms with Crippen LogP contribution in [0.25, 0.3) is 0 Å². The van der Waals surface area contributed by atoms with E-state index in [-0.39, 0.29) is 11.7 Å². The third-order valence-corrected chi connectivity index (χ3v) is 5.02. The number of likely N-dealkylation sites (tertiary alicyclic amines) is 1. The predicted molar refractivity (Wildman–Crippen MR) is 84.0 cm³/mol. The van der Waals surface area contributed by atoms with Gasteiger partial charge in [-0.15, -0.1) is 0 Å². The Kier molecular flexibility index (Phi) is 3.82. The molecule has 0 aliphatic carbocycles. The molecule has 4 heterocycles. The van der Waals surface area contributed by atoms with Crippen LogP contribution in [-0.2, 0) is 11.3 Å². The lowest BCUT2D eigenvalue weighted by atomic mass is 9.84. The van der Waals surface area contributed by atoms with Crippen LogP contribution in [0.1, 0.15) is 18.4 Å². The minimum absolute atomic E-state index is 0.0266. The van der Waals surface area contributed by atoms with Gasteiger partial charge in [-0.2, -0.15) is 11.3 Å². The molecule has 0 amide bonds. The van der Waals surface area contributed by atoms with Crippen molar-refractivity contribution in [3.63, 3.8) is 0 Å². The van der Waals surface area contributed by atoms with Gasteiger partial charge in [0, 0.05) is 44.9 Å². The summed E-state index contributed by atoms with van der Waals surface area (Å²) in [7, 11) is 0. The number of aromatic nitrogens is 2. The monoisotopic (exact) mass is 317 g/mol. The maximum Gasteiger partial charge on any atom is 0.232 e. The Bertz CT molecular complexity index is 599. The molecular weight excluding hydrogens is 298 g/mol. The van der Waals surface area contributed by atoms with Crippen molar-refractivity contribution in [3.8, 4) is 5.88 Å². The second kappa shape index (κ2) is 5.95. The topological polar surface area (TPSA) is 47.5 Å². The molecule has 1 spiro atoms. The van der Waals surface area contributed by atoms with Gasteiger partial charge in [-0.3, -0.25) is 9.88 Å². The number of ether oxygens (including phenoxy) is 2. The lowest BCUT2D eigenvalue weighted by molar-refractivity contribution is -0.188. The molecule has 0 N–H and O–H groups in total. The summed E-state index contributed by atoms with van der Waals surface area (Å²) in [6, 6.07) is 2.19. The molecule has 1 atom stereocenters. The lowest BCUT2D eigenvalue weighted by Crippen LogP contribution is -2.65. The zero-order valence-electron chi connectivity index (χ0n) is 12.4. The SMILES string of the molecule is c1cnc(OC2CCOC3(C2)CN(Cc2ccsc2)C3)cn1. The van der Waals surface area contributed by atoms with Crippen molar-refractivity contribution in [1.29, 1.82) is 0 Å². The molecule has 2 aliphatic heterocycles. The van der Waals surface area contributed by atoms with Gasteiger partial charge in [-0.1, -0.05) is 0 Å². The van der Waals surface area contributed by atoms with Crippen molar-refractivity contribution in [2.75, 3.05) is 19.7 Å². The molecule has 0 saturated carbocycles. The number of hydrogen-bond donors (Lipinski definition) is 0. The fraction of sp³-hybridized carbons (Fsp3) is 0.500. The normalized spacial score (nSPS) is 24.1. The second-order valence-electron chi connectivity index (χ2n) is 6.08. The maximum atomic E-state index is 6.06. The molecule has 2 saturated heterocycles. The molecule has 2 aliphatic rings. The molecule has 0 radical (unpaired) electrons. The van der Waals surface area contributed by atoms with E-state index in [1.165, 1.54) is 5.56 Å². The highest BCUT2D eigenvalue weighted by atomic mass is 32.1. The average molecular weight is 317 g/mol. The Morgan fingerprint density at radius 2 is 2.36 bits per heavy atom. The van der Waals surface area contributed by atoms with Gasteiger partial charge in [0.2, 0.25) is 5.88 Å². The number of thiophene rings is 1. The van der Waals surface area contributed by atoms with Gasteiger partial charge in [0.05, 0.1) is 18.4 Å². The van der Waals surface area contributed by atoms with E-state index in [2.05, 4.69) is 31.7 Å². The van der Waals surface area contributed by atoms with Crippen LogP contribution >= 0.6 is 11.3 Å². The quantitative estimate of drug-likeness (QED) is 0.866. The summed E-state index contributed by atoms with van der Waals surface area (Å²) in [4.78, 5) is 10.7. The number of nitrogens with zero attached hydrogens (tertiary/aromatic N) is 3. The van der Waals surface area contributed by atoms with Crippen molar-refractivity contribution in [1.82, 2.24) is 14.9 Å². The van der Waals surface area contributed by atoms with Crippen molar-refractivity contribution in [2.45, 2.75) is 31.1 Å². The molecule has 2 aromatic rings. The molecule has 6 heteroatoms. The zero-order valence-corrected chi connectivity index (χ0v) is 13.2. The molecule has 0 aromatic carbocycles. The van der Waals surface area contributed by atoms with Gasteiger partial charge < -0.3 is 9.47 Å². The molecule has 5 nitrogen and oxygen atoms in total. The van der Waals surface area contributed by atoms with Crippen LogP contribution in [0, 0.1) is 0 Å². The highest BCUT2D eigenvalue weighted by Gasteiger charge is 2.48. The summed E-state index contributed by atoms with van der Waals surface area (Å²) < 4.78 is 12.0. The lowest BCUT2D eigenvalue weighted by Gasteiger charge is -2.53. The maximum absolute atomic E-state index is 6.06. The molecule has 2 fully saturated rings. The highest BCUT2D eigenvalue weighted by molar-refractivity contribution is 7.07. The van der Waals surface area contributed by atoms with Crippen LogP contribution in [0.15, 0.2) is 35.4 Å². The van der Waals surface area contributed by atoms with Gasteiger partial charge in [-0.25, -0.2) is 4.98 Å². The summed E-state index contributed by atoms with van der Waals surface area (Å²) >= 11 is 1.75. The van der Waals surface area contributed by atoms with Crippen LogP contribution in [0.5, 0.6) is 5.88 Å². The van der Waals surface area contributed by atoms with Crippen LogP contribution in [0.4, 0.5) is 0 Å². The Labute approximate surface area is 133 Å². The van der Waals surface area contributed by atoms with E-state index >= 15 is 0 Å². The van der Waals surface area contributed by atoms with Gasteiger partial charge in [0.25, 0.3) is 0 Å². The fourth-order valence-electron chi connectivity index (χ4n) is 3.34. The minimum Gasteiger partial charge on any atom is -0.473 e. The van der Waals surface area contributed by atoms with Crippen LogP contribution in [0.3, 0.4) is 0 Å². The Morgan fingerprint density at radius 1 is 1.41 bits per heavy atom. The molecule has 116 valence electrons. The molecule has 22 heavy (non-hydrogen) atoms. The van der Waals surface area contributed by atoms with E-state index < -0.39 is 0 Å². The summed E-state index contributed by atoms with van der Waals surface area (Å²) in [6.07, 6.45) is 7.02. The van der Waals surface area contributed by atoms with E-state index in [9.17, 15) is 0 Å². The summed E-state index contributed by atoms with van der Waals surface area (Å²) in [5.74, 6) is 0.610. The first-order valence-electron chi connectivity index (χ1n) is 7.61. The molecule has 4 rings (SSSR count). The largest absolute Gasteiger partial charge is 0.473 e. The third kappa shape index (κ3) is 2.99. The predicted octanol–water partition coefficient (Wildman–Crippen LogP) is 2.35. The third-order valence-electron chi connectivity index (χ3n) is 4.28. The smallest absolute Gasteiger partial charge is 0.232 e. The Hall–Kier alpha value is -1.50. The second-order valence-corrected chi connectivity index (χ2v) is 6.86. The highest BCUT2D eigenvalue weighted by Crippen LogP contribution is 2.36. The van der Waals surface area contributed by atoms with E-state index in [0.29, 0.717) is 5.88 Å². The summed E-state index contributed by atoms with van der Waals surface area (Å²) in [6.45, 7) is 3.76. The van der Waals surface area contributed by atoms with Gasteiger partial charge in [0.1, 0.15) is 6.10 Å². The summed E-state index contributed by atoms with van der Waals surface area (Å²) in [5.41, 5.74) is 1.37. The van der Waals surface area contributed by atoms with E-state index in [4.69, 9.17) is 9.47 Å². The van der Waals surface area contributed by atoms with Crippen molar-refractivity contribution in [2.24, 2.45) is 0 Å². The number of rotatable bonds is 4. The summed E-state index contributed by atoms with van der Waals surface area (Å²) in [5, 5.41) is 4.35. The van der Waals surface area contributed by atoms with Crippen LogP contribution in [-0.4, -0.2) is 46.3 Å². The van der Waals surface area contributed by atoms with E-state index in [0.717, 1.165) is 39.1 Å². The van der Waals surface area contributed by atoms with Gasteiger partial charge in [-0.05, 0) is 22.4 Å². The first-order valence-corrected chi connectivity index (χ1v) is 8.56. The zero-order chi connectivity index (χ0) is 14.8. The van der Waals surface area contributed by atoms with Crippen molar-refractivity contribution < 1.29 is 9.47 Å². The molecule has 2 aromatic heterocycles. The average Bonchev–Trinajstić information content (AvgIpc) is 3.00. The van der Waals surface area contributed by atoms with Crippen molar-refractivity contribution in [3.05, 3.63) is 41.0 Å². The molecular formula is C16H19N3O2S. The Balaban J connectivity index is 1.32. The standard InChI is InChI=1S/C16H19N3O2S/c1-5-20-16(7-14(1)21-15-8-17-3-4-18-15)11-19(12-16)9-13-2-6-22-10-13/h2-4,6,8,10,14H,1,5,7,9,11-12H2. The first-order chi connectivity index (χ1) is 10.8. The number of hydrogen-bond acceptors (Lipinski definition) is 6. The first kappa shape index (κ1) is 14.1. The van der Waals surface area contributed by atoms with Crippen molar-refractivity contribution >= 4 is 11.3 Å². The molecule has 0 bridgehead atoms. The van der Waals surface area contributed by atoms with E-state index in [1.54, 1.807) is 29.9 Å². The van der Waals surface area contributed by atoms with E-state index in [1.807, 2.05) is 0 Å². The van der Waals surface area contributed by atoms with Gasteiger partial charge in [0.15, 0.2) is 0 Å². The minimum atomic E-state index is -0.0266.